The first kappa shape index (κ1) is 16.3. The number of ketones is 1. The summed E-state index contributed by atoms with van der Waals surface area (Å²) in [4.78, 5) is 25.8. The standard InChI is InChI=1S/C19H16FN3O3/c20-13-7-14-15-9-21-6-5-16(15)23(18(14)17(24)8-13)10-11-1-3-12(4-2-11)19(25)22-26/h1-5,7-9,18,21,26H,6,10H2,(H,22,25). The molecule has 1 fully saturated rings. The fraction of sp³-hybridized carbons (Fsp3) is 0.158. The van der Waals surface area contributed by atoms with Crippen molar-refractivity contribution in [2.45, 2.75) is 12.6 Å². The summed E-state index contributed by atoms with van der Waals surface area (Å²) < 4.78 is 13.8. The van der Waals surface area contributed by atoms with Gasteiger partial charge in [0.1, 0.15) is 11.9 Å². The molecular formula is C19H16FN3O3. The van der Waals surface area contributed by atoms with Crippen molar-refractivity contribution in [2.75, 3.05) is 6.54 Å². The van der Waals surface area contributed by atoms with E-state index in [9.17, 15) is 14.0 Å². The van der Waals surface area contributed by atoms with Crippen molar-refractivity contribution in [3.63, 3.8) is 0 Å². The molecule has 1 aromatic carbocycles. The summed E-state index contributed by atoms with van der Waals surface area (Å²) in [6, 6.07) is 6.18. The van der Waals surface area contributed by atoms with Crippen LogP contribution in [0, 0.1) is 0 Å². The molecule has 1 atom stereocenters. The normalized spacial score (nSPS) is 20.9. The molecule has 0 saturated carbocycles. The van der Waals surface area contributed by atoms with Crippen LogP contribution >= 0.6 is 0 Å². The number of benzene rings is 1. The fourth-order valence-corrected chi connectivity index (χ4v) is 3.53. The largest absolute Gasteiger partial charge is 0.387 e. The molecule has 2 aliphatic heterocycles. The average molecular weight is 353 g/mol. The van der Waals surface area contributed by atoms with Crippen LogP contribution in [-0.2, 0) is 11.3 Å². The van der Waals surface area contributed by atoms with Gasteiger partial charge in [-0.3, -0.25) is 14.8 Å². The Kier molecular flexibility index (Phi) is 3.93. The van der Waals surface area contributed by atoms with Gasteiger partial charge in [-0.25, -0.2) is 9.87 Å². The van der Waals surface area contributed by atoms with Crippen molar-refractivity contribution in [1.29, 1.82) is 0 Å². The second-order valence-corrected chi connectivity index (χ2v) is 6.26. The Morgan fingerprint density at radius 2 is 2.08 bits per heavy atom. The highest BCUT2D eigenvalue weighted by atomic mass is 19.1. The molecule has 7 heteroatoms. The molecule has 2 heterocycles. The van der Waals surface area contributed by atoms with E-state index in [2.05, 4.69) is 5.32 Å². The maximum atomic E-state index is 13.8. The first-order chi connectivity index (χ1) is 12.6. The predicted octanol–water partition coefficient (Wildman–Crippen LogP) is 1.72. The van der Waals surface area contributed by atoms with Gasteiger partial charge in [0.25, 0.3) is 5.91 Å². The number of amides is 1. The minimum absolute atomic E-state index is 0.285. The Bertz CT molecular complexity index is 912. The Labute approximate surface area is 148 Å². The first-order valence-corrected chi connectivity index (χ1v) is 8.15. The lowest BCUT2D eigenvalue weighted by atomic mass is 9.94. The van der Waals surface area contributed by atoms with E-state index in [-0.39, 0.29) is 5.78 Å². The van der Waals surface area contributed by atoms with Gasteiger partial charge in [-0.05, 0) is 35.4 Å². The van der Waals surface area contributed by atoms with Gasteiger partial charge in [0.15, 0.2) is 5.78 Å². The number of halogens is 1. The predicted molar refractivity (Wildman–Crippen MR) is 91.5 cm³/mol. The van der Waals surface area contributed by atoms with E-state index in [4.69, 9.17) is 5.21 Å². The zero-order valence-electron chi connectivity index (χ0n) is 13.7. The zero-order valence-corrected chi connectivity index (χ0v) is 13.7. The second kappa shape index (κ2) is 6.27. The molecule has 0 spiro atoms. The number of likely N-dealkylation sites (tertiary alicyclic amines) is 1. The quantitative estimate of drug-likeness (QED) is 0.569. The topological polar surface area (TPSA) is 81.7 Å². The van der Waals surface area contributed by atoms with E-state index in [0.717, 1.165) is 22.9 Å². The van der Waals surface area contributed by atoms with Crippen molar-refractivity contribution in [2.24, 2.45) is 0 Å². The third kappa shape index (κ3) is 2.62. The number of carbonyl (C=O) groups is 2. The molecule has 0 bridgehead atoms. The lowest BCUT2D eigenvalue weighted by Gasteiger charge is -2.27. The summed E-state index contributed by atoms with van der Waals surface area (Å²) in [5.74, 6) is -1.40. The van der Waals surface area contributed by atoms with Gasteiger partial charge in [-0.1, -0.05) is 12.1 Å². The molecule has 1 amide bonds. The molecule has 3 N–H and O–H groups in total. The van der Waals surface area contributed by atoms with Crippen molar-refractivity contribution >= 4 is 11.7 Å². The van der Waals surface area contributed by atoms with Crippen LogP contribution in [0.4, 0.5) is 4.39 Å². The number of hydroxylamine groups is 1. The second-order valence-electron chi connectivity index (χ2n) is 6.26. The van der Waals surface area contributed by atoms with Gasteiger partial charge in [-0.2, -0.15) is 0 Å². The van der Waals surface area contributed by atoms with Crippen LogP contribution in [0.5, 0.6) is 0 Å². The maximum Gasteiger partial charge on any atom is 0.274 e. The molecule has 1 unspecified atom stereocenters. The minimum Gasteiger partial charge on any atom is -0.387 e. The van der Waals surface area contributed by atoms with Crippen LogP contribution in [0.15, 0.2) is 71.4 Å². The summed E-state index contributed by atoms with van der Waals surface area (Å²) in [6.07, 6.45) is 6.23. The maximum absolute atomic E-state index is 13.8. The average Bonchev–Trinajstić information content (AvgIpc) is 2.96. The number of nitrogens with one attached hydrogen (secondary N) is 2. The van der Waals surface area contributed by atoms with Gasteiger partial charge in [0, 0.05) is 42.2 Å². The van der Waals surface area contributed by atoms with Crippen LogP contribution in [-0.4, -0.2) is 34.4 Å². The highest BCUT2D eigenvalue weighted by molar-refractivity contribution is 6.01. The molecule has 1 saturated heterocycles. The molecule has 0 aromatic heterocycles. The van der Waals surface area contributed by atoms with Crippen molar-refractivity contribution in [3.05, 3.63) is 82.5 Å². The summed E-state index contributed by atoms with van der Waals surface area (Å²) in [7, 11) is 0. The van der Waals surface area contributed by atoms with Crippen molar-refractivity contribution in [1.82, 2.24) is 15.7 Å². The zero-order chi connectivity index (χ0) is 18.3. The summed E-state index contributed by atoms with van der Waals surface area (Å²) in [6.45, 7) is 1.07. The van der Waals surface area contributed by atoms with E-state index in [1.54, 1.807) is 29.7 Å². The van der Waals surface area contributed by atoms with Crippen molar-refractivity contribution in [3.8, 4) is 0 Å². The molecule has 0 radical (unpaired) electrons. The van der Waals surface area contributed by atoms with Gasteiger partial charge in [0.05, 0.1) is 0 Å². The monoisotopic (exact) mass is 353 g/mol. The molecule has 6 nitrogen and oxygen atoms in total. The summed E-state index contributed by atoms with van der Waals surface area (Å²) in [5.41, 5.74) is 5.20. The molecule has 132 valence electrons. The Balaban J connectivity index is 1.66. The SMILES string of the molecule is O=C(NO)c1ccc(CN2C3=CCNC=C3C3=CC(F)=CC(=O)C32)cc1. The molecule has 4 rings (SSSR count). The Morgan fingerprint density at radius 1 is 1.31 bits per heavy atom. The number of hydrogen-bond acceptors (Lipinski definition) is 5. The molecule has 26 heavy (non-hydrogen) atoms. The van der Waals surface area contributed by atoms with E-state index in [1.807, 2.05) is 17.2 Å². The van der Waals surface area contributed by atoms with Gasteiger partial charge < -0.3 is 10.2 Å². The third-order valence-corrected chi connectivity index (χ3v) is 4.68. The smallest absolute Gasteiger partial charge is 0.274 e. The van der Waals surface area contributed by atoms with Gasteiger partial charge in [-0.15, -0.1) is 0 Å². The third-order valence-electron chi connectivity index (χ3n) is 4.68. The number of allylic oxidation sites excluding steroid dienone is 3. The van der Waals surface area contributed by atoms with Crippen molar-refractivity contribution < 1.29 is 19.2 Å². The van der Waals surface area contributed by atoms with E-state index in [0.29, 0.717) is 24.2 Å². The van der Waals surface area contributed by atoms with Crippen LogP contribution in [0.2, 0.25) is 0 Å². The van der Waals surface area contributed by atoms with E-state index < -0.39 is 17.8 Å². The first-order valence-electron chi connectivity index (χ1n) is 8.15. The summed E-state index contributed by atoms with van der Waals surface area (Å²) >= 11 is 0. The lowest BCUT2D eigenvalue weighted by Crippen LogP contribution is -2.36. The molecular weight excluding hydrogens is 337 g/mol. The highest BCUT2D eigenvalue weighted by Crippen LogP contribution is 2.42. The number of rotatable bonds is 3. The van der Waals surface area contributed by atoms with Gasteiger partial charge >= 0.3 is 0 Å². The van der Waals surface area contributed by atoms with Crippen LogP contribution in [0.1, 0.15) is 15.9 Å². The number of nitrogens with zero attached hydrogens (tertiary/aromatic N) is 1. The Morgan fingerprint density at radius 3 is 2.81 bits per heavy atom. The summed E-state index contributed by atoms with van der Waals surface area (Å²) in [5, 5.41) is 11.8. The number of hydrogen-bond donors (Lipinski definition) is 3. The molecule has 1 aliphatic carbocycles. The highest BCUT2D eigenvalue weighted by Gasteiger charge is 2.42. The molecule has 3 aliphatic rings. The molecule has 1 aromatic rings. The lowest BCUT2D eigenvalue weighted by molar-refractivity contribution is -0.117. The van der Waals surface area contributed by atoms with Crippen LogP contribution < -0.4 is 10.8 Å². The minimum atomic E-state index is -0.586. The number of fused-ring (bicyclic) bond motifs is 3. The van der Waals surface area contributed by atoms with Crippen LogP contribution in [0.25, 0.3) is 0 Å². The Hall–Kier alpha value is -3.19. The number of carbonyl (C=O) groups excluding carboxylic acids is 2. The van der Waals surface area contributed by atoms with Gasteiger partial charge in [0.2, 0.25) is 0 Å². The number of dihydropyridines is 1. The fourth-order valence-electron chi connectivity index (χ4n) is 3.53. The van der Waals surface area contributed by atoms with E-state index >= 15 is 0 Å². The van der Waals surface area contributed by atoms with E-state index in [1.165, 1.54) is 6.08 Å². The van der Waals surface area contributed by atoms with Crippen LogP contribution in [0.3, 0.4) is 0 Å².